The van der Waals surface area contributed by atoms with E-state index in [1.54, 1.807) is 29.2 Å². The number of carbonyl (C=O) groups excluding carboxylic acids is 4. The van der Waals surface area contributed by atoms with Crippen molar-refractivity contribution in [1.29, 1.82) is 0 Å². The lowest BCUT2D eigenvalue weighted by atomic mass is 10.2. The van der Waals surface area contributed by atoms with Gasteiger partial charge < -0.3 is 20.3 Å². The van der Waals surface area contributed by atoms with E-state index in [4.69, 9.17) is 4.74 Å². The molecule has 3 rings (SSSR count). The van der Waals surface area contributed by atoms with Crippen LogP contribution in [-0.2, 0) is 29.1 Å². The van der Waals surface area contributed by atoms with Gasteiger partial charge in [-0.2, -0.15) is 4.31 Å². The number of hydrogen-bond donors (Lipinski definition) is 2. The second-order valence-corrected chi connectivity index (χ2v) is 10.2. The van der Waals surface area contributed by atoms with E-state index in [1.165, 1.54) is 49.3 Å². The molecule has 1 atom stereocenters. The Bertz CT molecular complexity index is 1250. The van der Waals surface area contributed by atoms with Crippen LogP contribution >= 0.6 is 0 Å². The number of sulfonamides is 1. The molecule has 1 saturated heterocycles. The van der Waals surface area contributed by atoms with E-state index in [-0.39, 0.29) is 35.4 Å². The molecule has 1 heterocycles. The van der Waals surface area contributed by atoms with Crippen molar-refractivity contribution in [3.63, 3.8) is 0 Å². The number of piperazine rings is 1. The zero-order valence-electron chi connectivity index (χ0n) is 20.2. The maximum atomic E-state index is 13.0. The molecule has 0 saturated carbocycles. The normalized spacial score (nSPS) is 15.0. The van der Waals surface area contributed by atoms with E-state index >= 15 is 0 Å². The Morgan fingerprint density at radius 1 is 0.889 bits per heavy atom. The molecular weight excluding hydrogens is 488 g/mol. The summed E-state index contributed by atoms with van der Waals surface area (Å²) in [5.41, 5.74) is 0.989. The fourth-order valence-electron chi connectivity index (χ4n) is 3.54. The monoisotopic (exact) mass is 516 g/mol. The molecule has 0 radical (unpaired) electrons. The second-order valence-electron chi connectivity index (χ2n) is 8.23. The molecule has 36 heavy (non-hydrogen) atoms. The first kappa shape index (κ1) is 26.8. The molecule has 1 aliphatic heterocycles. The summed E-state index contributed by atoms with van der Waals surface area (Å²) in [5.74, 6) is -1.77. The van der Waals surface area contributed by atoms with Crippen LogP contribution in [0.25, 0.3) is 0 Å². The van der Waals surface area contributed by atoms with Crippen LogP contribution < -0.4 is 10.6 Å². The van der Waals surface area contributed by atoms with Crippen LogP contribution in [-0.4, -0.2) is 73.6 Å². The lowest BCUT2D eigenvalue weighted by Crippen LogP contribution is -2.49. The minimum Gasteiger partial charge on any atom is -0.449 e. The molecule has 3 amide bonds. The molecule has 1 fully saturated rings. The Morgan fingerprint density at radius 3 is 2.03 bits per heavy atom. The number of anilines is 2. The molecule has 2 N–H and O–H groups in total. The highest BCUT2D eigenvalue weighted by molar-refractivity contribution is 7.89. The van der Waals surface area contributed by atoms with Gasteiger partial charge in [-0.15, -0.1) is 0 Å². The van der Waals surface area contributed by atoms with E-state index in [2.05, 4.69) is 10.6 Å². The van der Waals surface area contributed by atoms with Gasteiger partial charge in [-0.05, 0) is 49.4 Å². The predicted octanol–water partition coefficient (Wildman–Crippen LogP) is 1.68. The molecule has 12 heteroatoms. The average Bonchev–Trinajstić information content (AvgIpc) is 2.85. The third-order valence-corrected chi connectivity index (χ3v) is 7.41. The van der Waals surface area contributed by atoms with E-state index in [1.807, 2.05) is 0 Å². The topological polar surface area (TPSA) is 142 Å². The van der Waals surface area contributed by atoms with Gasteiger partial charge in [-0.25, -0.2) is 13.2 Å². The van der Waals surface area contributed by atoms with Crippen molar-refractivity contribution in [2.45, 2.75) is 31.8 Å². The fourth-order valence-corrected chi connectivity index (χ4v) is 5.01. The number of esters is 1. The third kappa shape index (κ3) is 6.67. The average molecular weight is 517 g/mol. The highest BCUT2D eigenvalue weighted by Gasteiger charge is 2.30. The Labute approximate surface area is 209 Å². The van der Waals surface area contributed by atoms with Gasteiger partial charge in [0.1, 0.15) is 0 Å². The Balaban J connectivity index is 1.62. The smallest absolute Gasteiger partial charge is 0.338 e. The van der Waals surface area contributed by atoms with Crippen LogP contribution in [0.5, 0.6) is 0 Å². The number of nitrogens with one attached hydrogen (secondary N) is 2. The molecule has 0 unspecified atom stereocenters. The molecule has 1 aliphatic rings. The molecule has 11 nitrogen and oxygen atoms in total. The molecule has 2 aromatic carbocycles. The third-order valence-electron chi connectivity index (χ3n) is 5.52. The summed E-state index contributed by atoms with van der Waals surface area (Å²) in [7, 11) is -3.88. The SMILES string of the molecule is CC(=O)Nc1ccc(NC(=O)[C@H](C)OC(=O)c2cccc(S(=O)(=O)N3CCN(C(C)=O)CC3)c2)cc1. The van der Waals surface area contributed by atoms with Crippen molar-refractivity contribution in [2.24, 2.45) is 0 Å². The molecular formula is C24H28N4O7S. The number of ether oxygens (including phenoxy) is 1. The molecule has 0 aliphatic carbocycles. The first-order valence-electron chi connectivity index (χ1n) is 11.2. The van der Waals surface area contributed by atoms with E-state index in [0.29, 0.717) is 24.5 Å². The van der Waals surface area contributed by atoms with Crippen molar-refractivity contribution < 1.29 is 32.3 Å². The first-order chi connectivity index (χ1) is 17.0. The fraction of sp³-hybridized carbons (Fsp3) is 0.333. The van der Waals surface area contributed by atoms with Crippen LogP contribution in [0.1, 0.15) is 31.1 Å². The van der Waals surface area contributed by atoms with Gasteiger partial charge in [-0.3, -0.25) is 14.4 Å². The maximum Gasteiger partial charge on any atom is 0.338 e. The summed E-state index contributed by atoms with van der Waals surface area (Å²) in [5, 5.41) is 5.22. The minimum absolute atomic E-state index is 0.0160. The minimum atomic E-state index is -3.88. The van der Waals surface area contributed by atoms with Crippen LogP contribution in [0, 0.1) is 0 Å². The predicted molar refractivity (Wildman–Crippen MR) is 132 cm³/mol. The maximum absolute atomic E-state index is 13.0. The number of amides is 3. The van der Waals surface area contributed by atoms with Crippen LogP contribution in [0.2, 0.25) is 0 Å². The largest absolute Gasteiger partial charge is 0.449 e. The highest BCUT2D eigenvalue weighted by Crippen LogP contribution is 2.20. The van der Waals surface area contributed by atoms with Crippen molar-refractivity contribution in [3.05, 3.63) is 54.1 Å². The van der Waals surface area contributed by atoms with Gasteiger partial charge >= 0.3 is 5.97 Å². The summed E-state index contributed by atoms with van der Waals surface area (Å²) >= 11 is 0. The number of nitrogens with zero attached hydrogens (tertiary/aromatic N) is 2. The van der Waals surface area contributed by atoms with Gasteiger partial charge in [0.25, 0.3) is 5.91 Å². The van der Waals surface area contributed by atoms with Gasteiger partial charge in [-0.1, -0.05) is 6.07 Å². The van der Waals surface area contributed by atoms with Gasteiger partial charge in [0.2, 0.25) is 21.8 Å². The standard InChI is InChI=1S/C24H28N4O7S/c1-16(23(31)26-21-9-7-20(8-10-21)25-17(2)29)35-24(32)19-5-4-6-22(15-19)36(33,34)28-13-11-27(12-14-28)18(3)30/h4-10,15-16H,11-14H2,1-3H3,(H,25,29)(H,26,31)/t16-/m0/s1. The number of rotatable bonds is 7. The quantitative estimate of drug-likeness (QED) is 0.533. The van der Waals surface area contributed by atoms with E-state index < -0.39 is 28.0 Å². The number of carbonyl (C=O) groups is 4. The Hall–Kier alpha value is -3.77. The van der Waals surface area contributed by atoms with E-state index in [9.17, 15) is 27.6 Å². The first-order valence-corrected chi connectivity index (χ1v) is 12.7. The molecule has 0 aromatic heterocycles. The lowest BCUT2D eigenvalue weighted by molar-refractivity contribution is -0.130. The molecule has 0 bridgehead atoms. The van der Waals surface area contributed by atoms with Gasteiger partial charge in [0, 0.05) is 51.4 Å². The van der Waals surface area contributed by atoms with Crippen molar-refractivity contribution >= 4 is 45.1 Å². The lowest BCUT2D eigenvalue weighted by Gasteiger charge is -2.33. The Kier molecular flexibility index (Phi) is 8.43. The summed E-state index contributed by atoms with van der Waals surface area (Å²) in [6.07, 6.45) is -1.16. The van der Waals surface area contributed by atoms with Crippen molar-refractivity contribution in [3.8, 4) is 0 Å². The Morgan fingerprint density at radius 2 is 1.47 bits per heavy atom. The number of benzene rings is 2. The summed E-state index contributed by atoms with van der Waals surface area (Å²) in [4.78, 5) is 49.2. The highest BCUT2D eigenvalue weighted by atomic mass is 32.2. The van der Waals surface area contributed by atoms with Gasteiger partial charge in [0.05, 0.1) is 10.5 Å². The van der Waals surface area contributed by atoms with Crippen molar-refractivity contribution in [2.75, 3.05) is 36.8 Å². The van der Waals surface area contributed by atoms with Gasteiger partial charge in [0.15, 0.2) is 6.10 Å². The van der Waals surface area contributed by atoms with E-state index in [0.717, 1.165) is 0 Å². The summed E-state index contributed by atoms with van der Waals surface area (Å²) in [6.45, 7) is 5.10. The second kappa shape index (κ2) is 11.3. The zero-order chi connectivity index (χ0) is 26.5. The van der Waals surface area contributed by atoms with Crippen molar-refractivity contribution in [1.82, 2.24) is 9.21 Å². The molecule has 0 spiro atoms. The summed E-state index contributed by atoms with van der Waals surface area (Å²) < 4.78 is 32.6. The number of hydrogen-bond acceptors (Lipinski definition) is 7. The van der Waals surface area contributed by atoms with Crippen LogP contribution in [0.3, 0.4) is 0 Å². The van der Waals surface area contributed by atoms with Crippen LogP contribution in [0.4, 0.5) is 11.4 Å². The molecule has 192 valence electrons. The van der Waals surface area contributed by atoms with Crippen LogP contribution in [0.15, 0.2) is 53.4 Å². The molecule has 2 aromatic rings. The zero-order valence-corrected chi connectivity index (χ0v) is 21.0. The summed E-state index contributed by atoms with van der Waals surface area (Å²) in [6, 6.07) is 11.8.